The van der Waals surface area contributed by atoms with Gasteiger partial charge in [-0.25, -0.2) is 14.5 Å². The average molecular weight is 289 g/mol. The lowest BCUT2D eigenvalue weighted by atomic mass is 10.1. The fraction of sp³-hybridized carbons (Fsp3) is 0.118. The summed E-state index contributed by atoms with van der Waals surface area (Å²) in [7, 11) is 0. The van der Waals surface area contributed by atoms with Gasteiger partial charge < -0.3 is 5.73 Å². The molecule has 0 aliphatic carbocycles. The molecule has 0 bridgehead atoms. The van der Waals surface area contributed by atoms with Crippen LogP contribution in [0, 0.1) is 20.4 Å². The van der Waals surface area contributed by atoms with Crippen LogP contribution in [0.4, 0.5) is 11.4 Å². The Bertz CT molecular complexity index is 886. The van der Waals surface area contributed by atoms with Crippen LogP contribution in [0.15, 0.2) is 42.5 Å². The highest BCUT2D eigenvalue weighted by Gasteiger charge is 2.12. The number of rotatable bonds is 2. The Morgan fingerprint density at radius 2 is 1.91 bits per heavy atom. The van der Waals surface area contributed by atoms with Crippen molar-refractivity contribution in [2.24, 2.45) is 0 Å². The number of nitrogens with zero attached hydrogens (tertiary/aromatic N) is 4. The molecule has 3 aromatic rings. The molecule has 5 heteroatoms. The highest BCUT2D eigenvalue weighted by molar-refractivity contribution is 5.76. The molecular weight excluding hydrogens is 274 g/mol. The summed E-state index contributed by atoms with van der Waals surface area (Å²) < 4.78 is 1.79. The lowest BCUT2D eigenvalue weighted by Gasteiger charge is -2.08. The Kier molecular flexibility index (Phi) is 3.36. The minimum Gasteiger partial charge on any atom is -0.407 e. The molecule has 0 spiro atoms. The van der Waals surface area contributed by atoms with Crippen LogP contribution < -0.4 is 5.73 Å². The number of hydrogen-bond donors (Lipinski definition) is 1. The Morgan fingerprint density at radius 3 is 2.64 bits per heavy atom. The van der Waals surface area contributed by atoms with E-state index in [1.54, 1.807) is 16.8 Å². The zero-order valence-corrected chi connectivity index (χ0v) is 12.4. The Morgan fingerprint density at radius 1 is 1.09 bits per heavy atom. The van der Waals surface area contributed by atoms with Gasteiger partial charge >= 0.3 is 0 Å². The number of pyridine rings is 1. The van der Waals surface area contributed by atoms with E-state index in [0.29, 0.717) is 11.4 Å². The van der Waals surface area contributed by atoms with Gasteiger partial charge in [-0.1, -0.05) is 12.1 Å². The first-order chi connectivity index (χ1) is 10.6. The number of aromatic nitrogens is 3. The molecular formula is C17H15N5. The number of nitrogens with two attached hydrogens (primary N) is 1. The molecule has 2 N–H and O–H groups in total. The molecule has 1 aromatic carbocycles. The van der Waals surface area contributed by atoms with Gasteiger partial charge in [-0.15, -0.1) is 0 Å². The summed E-state index contributed by atoms with van der Waals surface area (Å²) in [6.07, 6.45) is 0. The van der Waals surface area contributed by atoms with E-state index in [2.05, 4.69) is 14.9 Å². The maximum absolute atomic E-state index is 7.21. The summed E-state index contributed by atoms with van der Waals surface area (Å²) in [5.41, 5.74) is 10.3. The molecule has 0 radical (unpaired) electrons. The van der Waals surface area contributed by atoms with Crippen molar-refractivity contribution in [3.8, 4) is 17.1 Å². The first kappa shape index (κ1) is 13.8. The van der Waals surface area contributed by atoms with Gasteiger partial charge in [-0.05, 0) is 49.7 Å². The topological polar surface area (TPSA) is 61.1 Å². The van der Waals surface area contributed by atoms with Crippen molar-refractivity contribution >= 4 is 11.4 Å². The number of benzene rings is 1. The molecule has 0 aliphatic rings. The van der Waals surface area contributed by atoms with Crippen LogP contribution in [0.5, 0.6) is 0 Å². The van der Waals surface area contributed by atoms with Crippen molar-refractivity contribution in [1.82, 2.24) is 14.8 Å². The second-order valence-corrected chi connectivity index (χ2v) is 5.11. The number of nitrogen functional groups attached to an aromatic ring is 1. The maximum Gasteiger partial charge on any atom is 0.209 e. The Labute approximate surface area is 128 Å². The zero-order valence-electron chi connectivity index (χ0n) is 12.4. The van der Waals surface area contributed by atoms with E-state index in [4.69, 9.17) is 12.3 Å². The first-order valence-electron chi connectivity index (χ1n) is 6.86. The summed E-state index contributed by atoms with van der Waals surface area (Å²) in [5.74, 6) is 0.754. The third-order valence-corrected chi connectivity index (χ3v) is 3.37. The predicted octanol–water partition coefficient (Wildman–Crippen LogP) is 3.68. The van der Waals surface area contributed by atoms with Gasteiger partial charge in [-0.3, -0.25) is 0 Å². The van der Waals surface area contributed by atoms with E-state index in [9.17, 15) is 0 Å². The third kappa shape index (κ3) is 2.42. The highest BCUT2D eigenvalue weighted by atomic mass is 15.3. The van der Waals surface area contributed by atoms with E-state index in [1.807, 2.05) is 44.2 Å². The van der Waals surface area contributed by atoms with Crippen LogP contribution in [0.3, 0.4) is 0 Å². The number of anilines is 1. The molecule has 0 aliphatic heterocycles. The second-order valence-electron chi connectivity index (χ2n) is 5.11. The van der Waals surface area contributed by atoms with Gasteiger partial charge in [0.25, 0.3) is 0 Å². The molecule has 0 saturated heterocycles. The fourth-order valence-corrected chi connectivity index (χ4v) is 2.33. The minimum absolute atomic E-state index is 0.445. The van der Waals surface area contributed by atoms with Gasteiger partial charge in [0.15, 0.2) is 5.82 Å². The number of hydrogen-bond acceptors (Lipinski definition) is 3. The monoisotopic (exact) mass is 289 g/mol. The first-order valence-corrected chi connectivity index (χ1v) is 6.86. The molecule has 3 rings (SSSR count). The average Bonchev–Trinajstić information content (AvgIpc) is 2.90. The van der Waals surface area contributed by atoms with Crippen LogP contribution in [0.1, 0.15) is 11.4 Å². The van der Waals surface area contributed by atoms with Gasteiger partial charge in [0.2, 0.25) is 5.69 Å². The molecule has 108 valence electrons. The van der Waals surface area contributed by atoms with Crippen molar-refractivity contribution in [1.29, 1.82) is 0 Å². The van der Waals surface area contributed by atoms with E-state index in [1.165, 1.54) is 0 Å². The summed E-state index contributed by atoms with van der Waals surface area (Å²) >= 11 is 0. The molecule has 2 aromatic heterocycles. The lowest BCUT2D eigenvalue weighted by Crippen LogP contribution is -2.02. The standard InChI is InChI=1S/C17H15N5/c1-11-5-4-6-17(20-11)22-16(9-12(2)21-22)13-7-8-14(18)15(10-13)19-3/h4-10H,18H2,1-2H3. The number of aryl methyl sites for hydroxylation is 2. The Balaban J connectivity index is 2.19. The Hall–Kier alpha value is -3.13. The minimum atomic E-state index is 0.445. The van der Waals surface area contributed by atoms with Crippen molar-refractivity contribution < 1.29 is 0 Å². The lowest BCUT2D eigenvalue weighted by molar-refractivity contribution is 0.833. The second kappa shape index (κ2) is 5.34. The van der Waals surface area contributed by atoms with E-state index in [0.717, 1.165) is 28.5 Å². The third-order valence-electron chi connectivity index (χ3n) is 3.37. The van der Waals surface area contributed by atoms with Crippen molar-refractivity contribution in [2.45, 2.75) is 13.8 Å². The van der Waals surface area contributed by atoms with Crippen LogP contribution in [0.2, 0.25) is 0 Å². The molecule has 0 amide bonds. The fourth-order valence-electron chi connectivity index (χ4n) is 2.33. The van der Waals surface area contributed by atoms with Crippen LogP contribution in [-0.4, -0.2) is 14.8 Å². The van der Waals surface area contributed by atoms with Crippen molar-refractivity contribution in [3.63, 3.8) is 0 Å². The van der Waals surface area contributed by atoms with Crippen molar-refractivity contribution in [3.05, 3.63) is 65.3 Å². The van der Waals surface area contributed by atoms with Gasteiger partial charge in [-0.2, -0.15) is 5.10 Å². The van der Waals surface area contributed by atoms with Crippen LogP contribution in [0.25, 0.3) is 21.9 Å². The maximum atomic E-state index is 7.21. The smallest absolute Gasteiger partial charge is 0.209 e. The molecule has 22 heavy (non-hydrogen) atoms. The predicted molar refractivity (Wildman–Crippen MR) is 86.9 cm³/mol. The van der Waals surface area contributed by atoms with E-state index >= 15 is 0 Å². The summed E-state index contributed by atoms with van der Waals surface area (Å²) in [6, 6.07) is 13.2. The molecule has 0 unspecified atom stereocenters. The van der Waals surface area contributed by atoms with E-state index in [-0.39, 0.29) is 0 Å². The van der Waals surface area contributed by atoms with Gasteiger partial charge in [0, 0.05) is 11.4 Å². The zero-order chi connectivity index (χ0) is 15.7. The van der Waals surface area contributed by atoms with Gasteiger partial charge in [0.1, 0.15) is 0 Å². The van der Waals surface area contributed by atoms with Crippen LogP contribution >= 0.6 is 0 Å². The van der Waals surface area contributed by atoms with E-state index < -0.39 is 0 Å². The molecule has 0 fully saturated rings. The summed E-state index contributed by atoms with van der Waals surface area (Å²) in [6.45, 7) is 11.1. The molecule has 2 heterocycles. The summed E-state index contributed by atoms with van der Waals surface area (Å²) in [4.78, 5) is 7.98. The summed E-state index contributed by atoms with van der Waals surface area (Å²) in [5, 5.41) is 4.52. The largest absolute Gasteiger partial charge is 0.407 e. The van der Waals surface area contributed by atoms with Gasteiger partial charge in [0.05, 0.1) is 18.0 Å². The molecule has 0 saturated carbocycles. The van der Waals surface area contributed by atoms with Crippen LogP contribution in [-0.2, 0) is 0 Å². The SMILES string of the molecule is [C-]#[N+]c1cc(-c2cc(C)nn2-c2cccc(C)n2)ccc1N. The molecule has 5 nitrogen and oxygen atoms in total. The normalized spacial score (nSPS) is 10.4. The van der Waals surface area contributed by atoms with Crippen molar-refractivity contribution in [2.75, 3.05) is 5.73 Å². The quantitative estimate of drug-likeness (QED) is 0.578. The highest BCUT2D eigenvalue weighted by Crippen LogP contribution is 2.30. The molecule has 0 atom stereocenters.